The Labute approximate surface area is 105 Å². The zero-order chi connectivity index (χ0) is 13.0. The van der Waals surface area contributed by atoms with Crippen molar-refractivity contribution in [3.8, 4) is 11.5 Å². The number of ether oxygens (including phenoxy) is 2. The minimum absolute atomic E-state index is 0.391. The van der Waals surface area contributed by atoms with Crippen LogP contribution in [-0.2, 0) is 4.74 Å². The molecule has 0 radical (unpaired) electrons. The lowest BCUT2D eigenvalue weighted by Gasteiger charge is -2.09. The van der Waals surface area contributed by atoms with Crippen molar-refractivity contribution in [2.24, 2.45) is 0 Å². The molecule has 4 nitrogen and oxygen atoms in total. The number of carbonyl (C=O) groups is 1. The molecule has 0 aliphatic rings. The Hall–Kier alpha value is -2.49. The lowest BCUT2D eigenvalue weighted by molar-refractivity contribution is 0.0601. The summed E-state index contributed by atoms with van der Waals surface area (Å²) in [4.78, 5) is 11.3. The number of hydrogen-bond donors (Lipinski definition) is 1. The van der Waals surface area contributed by atoms with Gasteiger partial charge in [-0.15, -0.1) is 0 Å². The number of para-hydroxylation sites is 1. The highest BCUT2D eigenvalue weighted by Gasteiger charge is 2.09. The monoisotopic (exact) mass is 243 g/mol. The van der Waals surface area contributed by atoms with Crippen LogP contribution in [-0.4, -0.2) is 13.1 Å². The van der Waals surface area contributed by atoms with Crippen LogP contribution in [0.4, 0.5) is 5.69 Å². The second kappa shape index (κ2) is 5.23. The van der Waals surface area contributed by atoms with Crippen LogP contribution in [0.25, 0.3) is 0 Å². The molecule has 0 fully saturated rings. The summed E-state index contributed by atoms with van der Waals surface area (Å²) >= 11 is 0. The van der Waals surface area contributed by atoms with E-state index >= 15 is 0 Å². The molecule has 0 saturated heterocycles. The molecular weight excluding hydrogens is 230 g/mol. The largest absolute Gasteiger partial charge is 0.465 e. The van der Waals surface area contributed by atoms with Gasteiger partial charge in [0.2, 0.25) is 0 Å². The normalized spacial score (nSPS) is 9.83. The summed E-state index contributed by atoms with van der Waals surface area (Å²) in [5.41, 5.74) is 6.62. The molecule has 4 heteroatoms. The number of benzene rings is 2. The molecule has 0 unspecified atom stereocenters. The van der Waals surface area contributed by atoms with E-state index in [1.165, 1.54) is 13.2 Å². The number of rotatable bonds is 3. The van der Waals surface area contributed by atoms with E-state index in [0.29, 0.717) is 22.7 Å². The second-order valence-corrected chi connectivity index (χ2v) is 3.66. The van der Waals surface area contributed by atoms with Crippen molar-refractivity contribution in [1.82, 2.24) is 0 Å². The minimum Gasteiger partial charge on any atom is -0.465 e. The zero-order valence-corrected chi connectivity index (χ0v) is 9.92. The molecule has 0 atom stereocenters. The predicted molar refractivity (Wildman–Crippen MR) is 68.7 cm³/mol. The van der Waals surface area contributed by atoms with Gasteiger partial charge in [-0.05, 0) is 30.3 Å². The maximum Gasteiger partial charge on any atom is 0.337 e. The fraction of sp³-hybridized carbons (Fsp3) is 0.0714. The van der Waals surface area contributed by atoms with Crippen molar-refractivity contribution in [1.29, 1.82) is 0 Å². The fourth-order valence-electron chi connectivity index (χ4n) is 1.50. The number of carbonyl (C=O) groups excluding carboxylic acids is 1. The Morgan fingerprint density at radius 1 is 1.11 bits per heavy atom. The van der Waals surface area contributed by atoms with E-state index < -0.39 is 5.97 Å². The van der Waals surface area contributed by atoms with Gasteiger partial charge < -0.3 is 15.2 Å². The molecule has 0 aliphatic heterocycles. The number of nitrogen functional groups attached to an aromatic ring is 1. The van der Waals surface area contributed by atoms with Gasteiger partial charge in [-0.25, -0.2) is 4.79 Å². The van der Waals surface area contributed by atoms with Crippen LogP contribution in [0.5, 0.6) is 11.5 Å². The molecule has 2 aromatic carbocycles. The Morgan fingerprint density at radius 2 is 1.83 bits per heavy atom. The Bertz CT molecular complexity index is 552. The van der Waals surface area contributed by atoms with Gasteiger partial charge in [0.15, 0.2) is 0 Å². The lowest BCUT2D eigenvalue weighted by Crippen LogP contribution is -2.02. The summed E-state index contributed by atoms with van der Waals surface area (Å²) < 4.78 is 10.2. The minimum atomic E-state index is -0.423. The third-order valence-electron chi connectivity index (χ3n) is 2.40. The standard InChI is InChI=1S/C14H13NO3/c1-17-14(16)10-7-8-13(12(15)9-10)18-11-5-3-2-4-6-11/h2-9H,15H2,1H3. The Kier molecular flexibility index (Phi) is 3.48. The van der Waals surface area contributed by atoms with Crippen molar-refractivity contribution < 1.29 is 14.3 Å². The maximum absolute atomic E-state index is 11.3. The average molecular weight is 243 g/mol. The van der Waals surface area contributed by atoms with Crippen LogP contribution in [0.15, 0.2) is 48.5 Å². The van der Waals surface area contributed by atoms with Gasteiger partial charge in [-0.3, -0.25) is 0 Å². The molecule has 92 valence electrons. The Balaban J connectivity index is 2.23. The van der Waals surface area contributed by atoms with E-state index in [4.69, 9.17) is 10.5 Å². The molecular formula is C14H13NO3. The van der Waals surface area contributed by atoms with E-state index in [1.54, 1.807) is 12.1 Å². The van der Waals surface area contributed by atoms with E-state index in [0.717, 1.165) is 0 Å². The van der Waals surface area contributed by atoms with Crippen molar-refractivity contribution >= 4 is 11.7 Å². The summed E-state index contributed by atoms with van der Waals surface area (Å²) in [5, 5.41) is 0. The van der Waals surface area contributed by atoms with Crippen LogP contribution >= 0.6 is 0 Å². The number of methoxy groups -OCH3 is 1. The summed E-state index contributed by atoms with van der Waals surface area (Å²) in [6, 6.07) is 14.1. The van der Waals surface area contributed by atoms with E-state index in [-0.39, 0.29) is 0 Å². The van der Waals surface area contributed by atoms with Crippen molar-refractivity contribution in [3.05, 3.63) is 54.1 Å². The van der Waals surface area contributed by atoms with Crippen molar-refractivity contribution in [3.63, 3.8) is 0 Å². The highest BCUT2D eigenvalue weighted by atomic mass is 16.5. The number of esters is 1. The highest BCUT2D eigenvalue weighted by molar-refractivity contribution is 5.90. The summed E-state index contributed by atoms with van der Waals surface area (Å²) in [6.07, 6.45) is 0. The molecule has 2 aromatic rings. The quantitative estimate of drug-likeness (QED) is 0.665. The van der Waals surface area contributed by atoms with Gasteiger partial charge in [0.1, 0.15) is 11.5 Å². The summed E-state index contributed by atoms with van der Waals surface area (Å²) in [5.74, 6) is 0.775. The first-order valence-corrected chi connectivity index (χ1v) is 5.41. The molecule has 0 bridgehead atoms. The van der Waals surface area contributed by atoms with Gasteiger partial charge in [-0.1, -0.05) is 18.2 Å². The van der Waals surface area contributed by atoms with Gasteiger partial charge >= 0.3 is 5.97 Å². The third-order valence-corrected chi connectivity index (χ3v) is 2.40. The molecule has 2 N–H and O–H groups in total. The van der Waals surface area contributed by atoms with Crippen LogP contribution in [0, 0.1) is 0 Å². The number of anilines is 1. The highest BCUT2D eigenvalue weighted by Crippen LogP contribution is 2.28. The van der Waals surface area contributed by atoms with E-state index in [2.05, 4.69) is 4.74 Å². The van der Waals surface area contributed by atoms with Crippen LogP contribution in [0.3, 0.4) is 0 Å². The fourth-order valence-corrected chi connectivity index (χ4v) is 1.50. The molecule has 2 rings (SSSR count). The van der Waals surface area contributed by atoms with Crippen LogP contribution in [0.2, 0.25) is 0 Å². The first kappa shape index (κ1) is 12.0. The van der Waals surface area contributed by atoms with Gasteiger partial charge in [0.25, 0.3) is 0 Å². The molecule has 0 amide bonds. The zero-order valence-electron chi connectivity index (χ0n) is 9.92. The van der Waals surface area contributed by atoms with Crippen LogP contribution in [0.1, 0.15) is 10.4 Å². The molecule has 0 spiro atoms. The smallest absolute Gasteiger partial charge is 0.337 e. The SMILES string of the molecule is COC(=O)c1ccc(Oc2ccccc2)c(N)c1. The third kappa shape index (κ3) is 2.60. The first-order valence-electron chi connectivity index (χ1n) is 5.41. The van der Waals surface area contributed by atoms with Gasteiger partial charge in [-0.2, -0.15) is 0 Å². The maximum atomic E-state index is 11.3. The van der Waals surface area contributed by atoms with E-state index in [1.807, 2.05) is 30.3 Å². The van der Waals surface area contributed by atoms with Crippen molar-refractivity contribution in [2.45, 2.75) is 0 Å². The number of nitrogens with two attached hydrogens (primary N) is 1. The van der Waals surface area contributed by atoms with Crippen LogP contribution < -0.4 is 10.5 Å². The second-order valence-electron chi connectivity index (χ2n) is 3.66. The summed E-state index contributed by atoms with van der Waals surface area (Å²) in [7, 11) is 1.33. The molecule has 0 aromatic heterocycles. The van der Waals surface area contributed by atoms with Gasteiger partial charge in [0.05, 0.1) is 18.4 Å². The van der Waals surface area contributed by atoms with Gasteiger partial charge in [0, 0.05) is 0 Å². The number of hydrogen-bond acceptors (Lipinski definition) is 4. The van der Waals surface area contributed by atoms with Crippen molar-refractivity contribution in [2.75, 3.05) is 12.8 Å². The molecule has 0 saturated carbocycles. The topological polar surface area (TPSA) is 61.5 Å². The average Bonchev–Trinajstić information content (AvgIpc) is 2.41. The van der Waals surface area contributed by atoms with E-state index in [9.17, 15) is 4.79 Å². The first-order chi connectivity index (χ1) is 8.70. The molecule has 18 heavy (non-hydrogen) atoms. The predicted octanol–water partition coefficient (Wildman–Crippen LogP) is 2.85. The molecule has 0 aliphatic carbocycles. The lowest BCUT2D eigenvalue weighted by atomic mass is 10.2. The molecule has 0 heterocycles. The summed E-state index contributed by atoms with van der Waals surface area (Å²) in [6.45, 7) is 0. The Morgan fingerprint density at radius 3 is 2.44 bits per heavy atom.